The van der Waals surface area contributed by atoms with Crippen LogP contribution in [-0.4, -0.2) is 33.9 Å². The van der Waals surface area contributed by atoms with Crippen LogP contribution < -0.4 is 5.32 Å². The average Bonchev–Trinajstić information content (AvgIpc) is 2.98. The van der Waals surface area contributed by atoms with Crippen LogP contribution in [0.4, 0.5) is 0 Å². The van der Waals surface area contributed by atoms with Gasteiger partial charge in [0.1, 0.15) is 0 Å². The molecule has 1 atom stereocenters. The molecule has 1 fully saturated rings. The highest BCUT2D eigenvalue weighted by Gasteiger charge is 2.24. The monoisotopic (exact) mass is 314 g/mol. The van der Waals surface area contributed by atoms with Gasteiger partial charge in [-0.05, 0) is 38.8 Å². The molecule has 0 bridgehead atoms. The van der Waals surface area contributed by atoms with Crippen molar-refractivity contribution in [2.24, 2.45) is 5.92 Å². The number of nitrogens with zero attached hydrogens (tertiary/aromatic N) is 3. The van der Waals surface area contributed by atoms with E-state index < -0.39 is 0 Å². The Morgan fingerprint density at radius 2 is 2.17 bits per heavy atom. The van der Waals surface area contributed by atoms with Crippen LogP contribution in [0, 0.1) is 12.8 Å². The summed E-state index contributed by atoms with van der Waals surface area (Å²) in [5.41, 5.74) is 2.00. The van der Waals surface area contributed by atoms with Gasteiger partial charge in [-0.1, -0.05) is 6.07 Å². The Labute approximate surface area is 135 Å². The molecule has 3 heterocycles. The lowest BCUT2D eigenvalue weighted by Gasteiger charge is -2.23. The predicted octanol–water partition coefficient (Wildman–Crippen LogP) is 2.18. The van der Waals surface area contributed by atoms with Crippen molar-refractivity contribution < 1.29 is 9.53 Å². The van der Waals surface area contributed by atoms with Crippen LogP contribution in [0.1, 0.15) is 37.1 Å². The Morgan fingerprint density at radius 3 is 2.87 bits per heavy atom. The Morgan fingerprint density at radius 1 is 1.39 bits per heavy atom. The fourth-order valence-corrected chi connectivity index (χ4v) is 2.93. The summed E-state index contributed by atoms with van der Waals surface area (Å²) in [6.07, 6.45) is 5.14. The van der Waals surface area contributed by atoms with Crippen molar-refractivity contribution in [2.75, 3.05) is 13.2 Å². The highest BCUT2D eigenvalue weighted by Crippen LogP contribution is 2.21. The molecule has 23 heavy (non-hydrogen) atoms. The fourth-order valence-electron chi connectivity index (χ4n) is 2.93. The number of ether oxygens (including phenoxy) is 1. The topological polar surface area (TPSA) is 69.0 Å². The molecular formula is C17H22N4O2. The molecule has 3 rings (SSSR count). The minimum atomic E-state index is -0.0807. The van der Waals surface area contributed by atoms with E-state index >= 15 is 0 Å². The molecule has 2 aromatic rings. The third kappa shape index (κ3) is 3.42. The molecule has 0 aliphatic carbocycles. The maximum atomic E-state index is 12.4. The number of rotatable bonds is 4. The average molecular weight is 314 g/mol. The number of hydrogen-bond donors (Lipinski definition) is 1. The molecule has 122 valence electrons. The zero-order chi connectivity index (χ0) is 16.2. The van der Waals surface area contributed by atoms with Gasteiger partial charge in [-0.15, -0.1) is 0 Å². The quantitative estimate of drug-likeness (QED) is 0.939. The van der Waals surface area contributed by atoms with E-state index in [1.165, 1.54) is 0 Å². The molecule has 6 nitrogen and oxygen atoms in total. The van der Waals surface area contributed by atoms with Crippen molar-refractivity contribution in [3.8, 4) is 5.82 Å². The van der Waals surface area contributed by atoms with E-state index in [9.17, 15) is 4.79 Å². The number of hydrogen-bond acceptors (Lipinski definition) is 4. The minimum Gasteiger partial charge on any atom is -0.381 e. The van der Waals surface area contributed by atoms with E-state index in [-0.39, 0.29) is 17.9 Å². The summed E-state index contributed by atoms with van der Waals surface area (Å²) in [4.78, 5) is 16.7. The molecule has 1 N–H and O–H groups in total. The Bertz CT molecular complexity index is 662. The van der Waals surface area contributed by atoms with Gasteiger partial charge in [0.05, 0.1) is 12.2 Å². The largest absolute Gasteiger partial charge is 0.381 e. The van der Waals surface area contributed by atoms with E-state index in [0.717, 1.165) is 29.9 Å². The van der Waals surface area contributed by atoms with Crippen molar-refractivity contribution in [2.45, 2.75) is 32.7 Å². The lowest BCUT2D eigenvalue weighted by atomic mass is 9.98. The summed E-state index contributed by atoms with van der Waals surface area (Å²) in [6.45, 7) is 5.32. The molecule has 1 unspecified atom stereocenters. The third-order valence-corrected chi connectivity index (χ3v) is 4.33. The van der Waals surface area contributed by atoms with Gasteiger partial charge < -0.3 is 10.1 Å². The van der Waals surface area contributed by atoms with Gasteiger partial charge in [-0.2, -0.15) is 5.10 Å². The zero-order valence-corrected chi connectivity index (χ0v) is 13.5. The van der Waals surface area contributed by atoms with Crippen LogP contribution in [-0.2, 0) is 9.53 Å². The molecule has 0 aromatic carbocycles. The maximum absolute atomic E-state index is 12.4. The SMILES string of the molecule is Cc1c(C(C)NC(=O)C2CCOCC2)cnn1-c1ccccn1. The molecular weight excluding hydrogens is 292 g/mol. The number of nitrogens with one attached hydrogen (secondary N) is 1. The molecule has 1 aliphatic heterocycles. The number of aromatic nitrogens is 3. The van der Waals surface area contributed by atoms with Crippen LogP contribution in [0.3, 0.4) is 0 Å². The van der Waals surface area contributed by atoms with Gasteiger partial charge in [0.15, 0.2) is 5.82 Å². The van der Waals surface area contributed by atoms with Crippen molar-refractivity contribution in [3.63, 3.8) is 0 Å². The second kappa shape index (κ2) is 6.91. The first kappa shape index (κ1) is 15.7. The second-order valence-electron chi connectivity index (χ2n) is 5.90. The normalized spacial score (nSPS) is 17.0. The van der Waals surface area contributed by atoms with E-state index in [2.05, 4.69) is 15.4 Å². The standard InChI is InChI=1S/C17H22N4O2/c1-12(20-17(22)14-6-9-23-10-7-14)15-11-19-21(13(15)2)16-5-3-4-8-18-16/h3-5,8,11-12,14H,6-7,9-10H2,1-2H3,(H,20,22). The van der Waals surface area contributed by atoms with Crippen LogP contribution in [0.5, 0.6) is 0 Å². The summed E-state index contributed by atoms with van der Waals surface area (Å²) < 4.78 is 7.11. The number of pyridine rings is 1. The van der Waals surface area contributed by atoms with E-state index in [0.29, 0.717) is 13.2 Å². The molecule has 6 heteroatoms. The van der Waals surface area contributed by atoms with Crippen molar-refractivity contribution in [3.05, 3.63) is 41.9 Å². The lowest BCUT2D eigenvalue weighted by molar-refractivity contribution is -0.128. The van der Waals surface area contributed by atoms with Crippen LogP contribution in [0.25, 0.3) is 5.82 Å². The van der Waals surface area contributed by atoms with E-state index in [1.807, 2.05) is 32.0 Å². The first-order valence-electron chi connectivity index (χ1n) is 8.01. The predicted molar refractivity (Wildman–Crippen MR) is 86.2 cm³/mol. The minimum absolute atomic E-state index is 0.0531. The lowest BCUT2D eigenvalue weighted by Crippen LogP contribution is -2.35. The van der Waals surface area contributed by atoms with Crippen molar-refractivity contribution in [1.82, 2.24) is 20.1 Å². The molecule has 1 aliphatic rings. The first-order chi connectivity index (χ1) is 11.2. The van der Waals surface area contributed by atoms with Gasteiger partial charge in [0.2, 0.25) is 5.91 Å². The van der Waals surface area contributed by atoms with Crippen LogP contribution in [0.2, 0.25) is 0 Å². The Balaban J connectivity index is 1.71. The zero-order valence-electron chi connectivity index (χ0n) is 13.5. The van der Waals surface area contributed by atoms with Gasteiger partial charge in [-0.3, -0.25) is 4.79 Å². The highest BCUT2D eigenvalue weighted by molar-refractivity contribution is 5.79. The van der Waals surface area contributed by atoms with Crippen molar-refractivity contribution in [1.29, 1.82) is 0 Å². The molecule has 0 saturated carbocycles. The maximum Gasteiger partial charge on any atom is 0.223 e. The molecule has 1 amide bonds. The fraction of sp³-hybridized carbons (Fsp3) is 0.471. The number of amides is 1. The highest BCUT2D eigenvalue weighted by atomic mass is 16.5. The summed E-state index contributed by atoms with van der Waals surface area (Å²) in [5.74, 6) is 0.933. The number of carbonyl (C=O) groups excluding carboxylic acids is 1. The number of carbonyl (C=O) groups is 1. The van der Waals surface area contributed by atoms with Gasteiger partial charge in [-0.25, -0.2) is 9.67 Å². The summed E-state index contributed by atoms with van der Waals surface area (Å²) in [6, 6.07) is 5.64. The molecule has 1 saturated heterocycles. The smallest absolute Gasteiger partial charge is 0.223 e. The van der Waals surface area contributed by atoms with Crippen LogP contribution in [0.15, 0.2) is 30.6 Å². The summed E-state index contributed by atoms with van der Waals surface area (Å²) in [7, 11) is 0. The molecule has 0 spiro atoms. The van der Waals surface area contributed by atoms with Gasteiger partial charge in [0, 0.05) is 36.6 Å². The van der Waals surface area contributed by atoms with Gasteiger partial charge in [0.25, 0.3) is 0 Å². The van der Waals surface area contributed by atoms with E-state index in [4.69, 9.17) is 4.74 Å². The van der Waals surface area contributed by atoms with Crippen molar-refractivity contribution >= 4 is 5.91 Å². The summed E-state index contributed by atoms with van der Waals surface area (Å²) >= 11 is 0. The van der Waals surface area contributed by atoms with Gasteiger partial charge >= 0.3 is 0 Å². The van der Waals surface area contributed by atoms with Crippen LogP contribution >= 0.6 is 0 Å². The Kier molecular flexibility index (Phi) is 4.71. The molecule has 0 radical (unpaired) electrons. The molecule has 2 aromatic heterocycles. The third-order valence-electron chi connectivity index (χ3n) is 4.33. The Hall–Kier alpha value is -2.21. The van der Waals surface area contributed by atoms with E-state index in [1.54, 1.807) is 17.1 Å². The summed E-state index contributed by atoms with van der Waals surface area (Å²) in [5, 5.41) is 7.51. The first-order valence-corrected chi connectivity index (χ1v) is 8.01. The second-order valence-corrected chi connectivity index (χ2v) is 5.90.